The molecule has 0 saturated carbocycles. The van der Waals surface area contributed by atoms with Crippen LogP contribution >= 0.6 is 0 Å². The molecule has 7 N–H and O–H groups in total. The van der Waals surface area contributed by atoms with Gasteiger partial charge in [0.25, 0.3) is 0 Å². The van der Waals surface area contributed by atoms with E-state index in [1.54, 1.807) is 18.2 Å². The van der Waals surface area contributed by atoms with Crippen LogP contribution in [0.1, 0.15) is 29.9 Å². The number of carbonyl (C=O) groups excluding carboxylic acids is 1. The molecule has 2 aromatic heterocycles. The minimum absolute atomic E-state index is 0.000790. The van der Waals surface area contributed by atoms with Crippen molar-refractivity contribution in [2.24, 2.45) is 5.73 Å². The van der Waals surface area contributed by atoms with Crippen molar-refractivity contribution in [3.8, 4) is 23.1 Å². The Labute approximate surface area is 221 Å². The molecular formula is C25H25FN8O5. The van der Waals surface area contributed by atoms with E-state index in [2.05, 4.69) is 20.4 Å². The van der Waals surface area contributed by atoms with Gasteiger partial charge in [0.2, 0.25) is 0 Å². The molecule has 2 heterocycles. The second-order valence-corrected chi connectivity index (χ2v) is 8.17. The number of halogens is 1. The van der Waals surface area contributed by atoms with Crippen LogP contribution in [0.4, 0.5) is 15.8 Å². The largest absolute Gasteiger partial charge is 0.493 e. The van der Waals surface area contributed by atoms with Gasteiger partial charge in [-0.05, 0) is 30.3 Å². The number of ether oxygens (including phenoxy) is 3. The highest BCUT2D eigenvalue weighted by atomic mass is 19.1. The maximum absolute atomic E-state index is 15.5. The number of aromatic amines is 1. The third-order valence-corrected chi connectivity index (χ3v) is 5.58. The number of carbonyl (C=O) groups is 1. The van der Waals surface area contributed by atoms with Gasteiger partial charge in [-0.15, -0.1) is 5.10 Å². The fourth-order valence-corrected chi connectivity index (χ4v) is 3.83. The zero-order valence-electron chi connectivity index (χ0n) is 21.1. The van der Waals surface area contributed by atoms with Crippen LogP contribution < -0.4 is 36.7 Å². The standard InChI is InChI=1S/C25H25FN8O5/c1-12(35)39-18-9-13(6-7-14(18)22(28)29)31-21(15-10-19(37-2)20(38-3)11-16(15)26)23-32-25(36)34(33-23)24-17(27)5-4-8-30-24/h4-11,21,31H,27H2,1-3H3,(H3,28,29)(H,32,33,36)/t21-/m0/s1. The van der Waals surface area contributed by atoms with Crippen LogP contribution in [0.25, 0.3) is 5.82 Å². The number of nitrogens with one attached hydrogen (secondary N) is 3. The van der Waals surface area contributed by atoms with Gasteiger partial charge in [0.1, 0.15) is 23.4 Å². The average molecular weight is 537 g/mol. The summed E-state index contributed by atoms with van der Waals surface area (Å²) >= 11 is 0. The molecular weight excluding hydrogens is 511 g/mol. The molecule has 4 aromatic rings. The molecule has 0 bridgehead atoms. The number of esters is 1. The number of nitrogen functional groups attached to an aromatic ring is 2. The first-order valence-corrected chi connectivity index (χ1v) is 11.4. The molecule has 0 saturated heterocycles. The molecule has 0 spiro atoms. The molecule has 13 nitrogen and oxygen atoms in total. The van der Waals surface area contributed by atoms with Crippen molar-refractivity contribution >= 4 is 23.2 Å². The first-order chi connectivity index (χ1) is 18.6. The van der Waals surface area contributed by atoms with E-state index in [0.29, 0.717) is 5.69 Å². The SMILES string of the molecule is COc1cc(F)c([C@H](Nc2ccc(C(=N)N)c(OC(C)=O)c2)c2nn(-c3ncccc3N)c(=O)[nH]2)cc1OC. The summed E-state index contributed by atoms with van der Waals surface area (Å²) in [6, 6.07) is 8.99. The fourth-order valence-electron chi connectivity index (χ4n) is 3.83. The van der Waals surface area contributed by atoms with Crippen LogP contribution in [0.15, 0.2) is 53.5 Å². The molecule has 0 aliphatic carbocycles. The number of hydrogen-bond acceptors (Lipinski definition) is 10. The summed E-state index contributed by atoms with van der Waals surface area (Å²) in [6.45, 7) is 1.20. The number of nitrogens with zero attached hydrogens (tertiary/aromatic N) is 3. The second kappa shape index (κ2) is 10.9. The number of benzene rings is 2. The smallest absolute Gasteiger partial charge is 0.349 e. The zero-order chi connectivity index (χ0) is 28.3. The molecule has 1 atom stereocenters. The molecule has 0 aliphatic rings. The second-order valence-electron chi connectivity index (χ2n) is 8.17. The lowest BCUT2D eigenvalue weighted by molar-refractivity contribution is -0.131. The van der Waals surface area contributed by atoms with Crippen molar-refractivity contribution in [1.82, 2.24) is 19.7 Å². The Kier molecular flexibility index (Phi) is 7.46. The Balaban J connectivity index is 1.88. The molecule has 14 heteroatoms. The van der Waals surface area contributed by atoms with Crippen molar-refractivity contribution in [2.45, 2.75) is 13.0 Å². The Hall–Kier alpha value is -5.40. The lowest BCUT2D eigenvalue weighted by atomic mass is 10.0. The lowest BCUT2D eigenvalue weighted by Crippen LogP contribution is -2.18. The first-order valence-electron chi connectivity index (χ1n) is 11.4. The number of nitrogens with two attached hydrogens (primary N) is 2. The molecule has 2 aromatic carbocycles. The summed E-state index contributed by atoms with van der Waals surface area (Å²) < 4.78 is 32.2. The van der Waals surface area contributed by atoms with E-state index in [1.165, 1.54) is 45.5 Å². The molecule has 0 unspecified atom stereocenters. The minimum atomic E-state index is -1.11. The maximum atomic E-state index is 15.5. The van der Waals surface area contributed by atoms with Crippen molar-refractivity contribution < 1.29 is 23.4 Å². The predicted molar refractivity (Wildman–Crippen MR) is 140 cm³/mol. The van der Waals surface area contributed by atoms with Crippen LogP contribution in [0.3, 0.4) is 0 Å². The van der Waals surface area contributed by atoms with Gasteiger partial charge in [0.05, 0.1) is 25.5 Å². The normalized spacial score (nSPS) is 11.5. The van der Waals surface area contributed by atoms with Gasteiger partial charge < -0.3 is 31.0 Å². The maximum Gasteiger partial charge on any atom is 0.349 e. The van der Waals surface area contributed by atoms with Crippen molar-refractivity contribution in [3.63, 3.8) is 0 Å². The summed E-state index contributed by atoms with van der Waals surface area (Å²) in [5.74, 6) is -1.18. The topological polar surface area (TPSA) is 196 Å². The van der Waals surface area contributed by atoms with E-state index >= 15 is 4.39 Å². The quantitative estimate of drug-likeness (QED) is 0.0914. The average Bonchev–Trinajstić information content (AvgIpc) is 3.28. The number of H-pyrrole nitrogens is 1. The van der Waals surface area contributed by atoms with Gasteiger partial charge in [-0.3, -0.25) is 15.2 Å². The molecule has 0 fully saturated rings. The van der Waals surface area contributed by atoms with E-state index in [9.17, 15) is 9.59 Å². The van der Waals surface area contributed by atoms with Crippen LogP contribution in [0, 0.1) is 11.2 Å². The summed E-state index contributed by atoms with van der Waals surface area (Å²) in [5.41, 5.74) is 11.7. The lowest BCUT2D eigenvalue weighted by Gasteiger charge is -2.21. The number of amidine groups is 1. The Bertz CT molecular complexity index is 1620. The van der Waals surface area contributed by atoms with Crippen LogP contribution in [-0.2, 0) is 4.79 Å². The van der Waals surface area contributed by atoms with Crippen LogP contribution in [0.2, 0.25) is 0 Å². The fraction of sp³-hybridized carbons (Fsp3) is 0.160. The third-order valence-electron chi connectivity index (χ3n) is 5.58. The number of hydrogen-bond donors (Lipinski definition) is 5. The number of aromatic nitrogens is 4. The van der Waals surface area contributed by atoms with Gasteiger partial charge in [0.15, 0.2) is 23.1 Å². The first kappa shape index (κ1) is 26.7. The minimum Gasteiger partial charge on any atom is -0.493 e. The highest BCUT2D eigenvalue weighted by Crippen LogP contribution is 2.36. The highest BCUT2D eigenvalue weighted by molar-refractivity contribution is 5.98. The van der Waals surface area contributed by atoms with Crippen molar-refractivity contribution in [2.75, 3.05) is 25.3 Å². The molecule has 0 radical (unpaired) electrons. The number of anilines is 2. The van der Waals surface area contributed by atoms with E-state index in [4.69, 9.17) is 31.1 Å². The van der Waals surface area contributed by atoms with Gasteiger partial charge in [0, 0.05) is 36.5 Å². The van der Waals surface area contributed by atoms with Gasteiger partial charge in [-0.1, -0.05) is 0 Å². The number of methoxy groups -OCH3 is 2. The van der Waals surface area contributed by atoms with Gasteiger partial charge in [-0.2, -0.15) is 4.68 Å². The third kappa shape index (κ3) is 5.49. The van der Waals surface area contributed by atoms with Crippen molar-refractivity contribution in [1.29, 1.82) is 5.41 Å². The van der Waals surface area contributed by atoms with E-state index in [-0.39, 0.29) is 51.5 Å². The number of rotatable bonds is 9. The van der Waals surface area contributed by atoms with E-state index in [0.717, 1.165) is 10.7 Å². The summed E-state index contributed by atoms with van der Waals surface area (Å²) in [5, 5.41) is 15.2. The van der Waals surface area contributed by atoms with Crippen molar-refractivity contribution in [3.05, 3.63) is 81.9 Å². The Morgan fingerprint density at radius 1 is 1.15 bits per heavy atom. The van der Waals surface area contributed by atoms with Crippen LogP contribution in [-0.4, -0.2) is 45.8 Å². The molecule has 0 aliphatic heterocycles. The monoisotopic (exact) mass is 536 g/mol. The Morgan fingerprint density at radius 2 is 1.87 bits per heavy atom. The predicted octanol–water partition coefficient (Wildman–Crippen LogP) is 2.10. The molecule has 0 amide bonds. The van der Waals surface area contributed by atoms with Crippen LogP contribution in [0.5, 0.6) is 17.2 Å². The molecule has 39 heavy (non-hydrogen) atoms. The molecule has 4 rings (SSSR count). The zero-order valence-corrected chi connectivity index (χ0v) is 21.1. The highest BCUT2D eigenvalue weighted by Gasteiger charge is 2.26. The summed E-state index contributed by atoms with van der Waals surface area (Å²) in [4.78, 5) is 31.3. The molecule has 202 valence electrons. The van der Waals surface area contributed by atoms with Gasteiger partial charge >= 0.3 is 11.7 Å². The van der Waals surface area contributed by atoms with E-state index < -0.39 is 23.5 Å². The summed E-state index contributed by atoms with van der Waals surface area (Å²) in [7, 11) is 2.77. The van der Waals surface area contributed by atoms with E-state index in [1.807, 2.05) is 0 Å². The Morgan fingerprint density at radius 3 is 2.51 bits per heavy atom. The van der Waals surface area contributed by atoms with Gasteiger partial charge in [-0.25, -0.2) is 14.2 Å². The number of pyridine rings is 1. The summed E-state index contributed by atoms with van der Waals surface area (Å²) in [6.07, 6.45) is 1.45.